The van der Waals surface area contributed by atoms with Crippen LogP contribution < -0.4 is 10.9 Å². The van der Waals surface area contributed by atoms with Crippen LogP contribution in [-0.2, 0) is 10.5 Å². The molecule has 1 atom stereocenters. The second-order valence-corrected chi connectivity index (χ2v) is 9.87. The third-order valence-corrected chi connectivity index (χ3v) is 7.21. The van der Waals surface area contributed by atoms with E-state index in [0.29, 0.717) is 27.4 Å². The van der Waals surface area contributed by atoms with Gasteiger partial charge in [-0.15, -0.1) is 34.9 Å². The second kappa shape index (κ2) is 9.62. The van der Waals surface area contributed by atoms with Crippen LogP contribution in [0, 0.1) is 6.92 Å². The van der Waals surface area contributed by atoms with Crippen LogP contribution in [0.25, 0.3) is 4.96 Å². The zero-order valence-corrected chi connectivity index (χ0v) is 18.5. The summed E-state index contributed by atoms with van der Waals surface area (Å²) in [5.74, 6) is 0.791. The molecule has 8 heteroatoms. The molecule has 0 saturated carbocycles. The molecule has 3 aromatic rings. The molecular formula is C20H23N3O2S3. The van der Waals surface area contributed by atoms with Crippen LogP contribution in [0.15, 0.2) is 45.5 Å². The molecule has 28 heavy (non-hydrogen) atoms. The molecule has 0 aliphatic carbocycles. The first kappa shape index (κ1) is 21.0. The highest BCUT2D eigenvalue weighted by Crippen LogP contribution is 2.28. The van der Waals surface area contributed by atoms with Gasteiger partial charge in [-0.2, -0.15) is 0 Å². The van der Waals surface area contributed by atoms with E-state index in [2.05, 4.69) is 36.3 Å². The van der Waals surface area contributed by atoms with Gasteiger partial charge in [0.15, 0.2) is 4.96 Å². The molecule has 0 radical (unpaired) electrons. The molecular weight excluding hydrogens is 410 g/mol. The zero-order chi connectivity index (χ0) is 20.1. The summed E-state index contributed by atoms with van der Waals surface area (Å²) < 4.78 is 1.53. The van der Waals surface area contributed by atoms with E-state index in [9.17, 15) is 9.59 Å². The number of thiazole rings is 1. The van der Waals surface area contributed by atoms with Crippen molar-refractivity contribution in [2.45, 2.75) is 43.1 Å². The summed E-state index contributed by atoms with van der Waals surface area (Å²) in [5, 5.41) is 5.39. The molecule has 0 bridgehead atoms. The van der Waals surface area contributed by atoms with Crippen molar-refractivity contribution in [1.82, 2.24) is 9.38 Å². The highest BCUT2D eigenvalue weighted by molar-refractivity contribution is 8.00. The zero-order valence-electron chi connectivity index (χ0n) is 16.1. The highest BCUT2D eigenvalue weighted by Gasteiger charge is 2.09. The van der Waals surface area contributed by atoms with Crippen molar-refractivity contribution in [1.29, 1.82) is 0 Å². The predicted octanol–water partition coefficient (Wildman–Crippen LogP) is 4.83. The summed E-state index contributed by atoms with van der Waals surface area (Å²) in [6.07, 6.45) is 2.84. The molecule has 1 amide bonds. The van der Waals surface area contributed by atoms with Gasteiger partial charge in [0.25, 0.3) is 5.56 Å². The lowest BCUT2D eigenvalue weighted by atomic mass is 10.2. The standard InChI is InChI=1S/C20H23N3O2S3/c1-4-14(3)28-16-5-6-17(13(2)9-16)22-18(24)12-26-11-15-10-19(25)23-7-8-27-20(23)21-15/h5-10,14H,4,11-12H2,1-3H3,(H,22,24). The minimum Gasteiger partial charge on any atom is -0.325 e. The van der Waals surface area contributed by atoms with Gasteiger partial charge in [0.1, 0.15) is 0 Å². The van der Waals surface area contributed by atoms with Crippen molar-refractivity contribution >= 4 is 51.4 Å². The van der Waals surface area contributed by atoms with Gasteiger partial charge < -0.3 is 5.32 Å². The number of amides is 1. The highest BCUT2D eigenvalue weighted by atomic mass is 32.2. The van der Waals surface area contributed by atoms with Crippen LogP contribution in [0.2, 0.25) is 0 Å². The van der Waals surface area contributed by atoms with Crippen molar-refractivity contribution in [2.75, 3.05) is 11.1 Å². The molecule has 0 saturated heterocycles. The lowest BCUT2D eigenvalue weighted by Gasteiger charge is -2.12. The predicted molar refractivity (Wildman–Crippen MR) is 121 cm³/mol. The Morgan fingerprint density at radius 2 is 2.18 bits per heavy atom. The second-order valence-electron chi connectivity index (χ2n) is 6.50. The molecule has 0 aliphatic rings. The van der Waals surface area contributed by atoms with Gasteiger partial charge >= 0.3 is 0 Å². The van der Waals surface area contributed by atoms with Crippen molar-refractivity contribution in [3.8, 4) is 0 Å². The molecule has 1 N–H and O–H groups in total. The molecule has 2 aromatic heterocycles. The third-order valence-electron chi connectivity index (χ3n) is 4.22. The van der Waals surface area contributed by atoms with E-state index in [0.717, 1.165) is 17.7 Å². The summed E-state index contributed by atoms with van der Waals surface area (Å²) in [6, 6.07) is 7.67. The molecule has 0 spiro atoms. The van der Waals surface area contributed by atoms with Gasteiger partial charge in [0.05, 0.1) is 11.4 Å². The maximum absolute atomic E-state index is 12.3. The summed E-state index contributed by atoms with van der Waals surface area (Å²) in [5.41, 5.74) is 2.52. The average molecular weight is 434 g/mol. The molecule has 1 aromatic carbocycles. The van der Waals surface area contributed by atoms with Crippen molar-refractivity contribution in [3.05, 3.63) is 57.5 Å². The fraction of sp³-hybridized carbons (Fsp3) is 0.350. The number of anilines is 1. The Bertz CT molecular complexity index is 1030. The molecule has 5 nitrogen and oxygen atoms in total. The number of aryl methyl sites for hydroxylation is 1. The van der Waals surface area contributed by atoms with Crippen LogP contribution in [0.1, 0.15) is 31.5 Å². The number of nitrogens with one attached hydrogen (secondary N) is 1. The Labute approximate surface area is 177 Å². The first-order valence-electron chi connectivity index (χ1n) is 9.07. The lowest BCUT2D eigenvalue weighted by Crippen LogP contribution is -2.16. The fourth-order valence-electron chi connectivity index (χ4n) is 2.56. The Hall–Kier alpha value is -1.77. The molecule has 3 rings (SSSR count). The number of fused-ring (bicyclic) bond motifs is 1. The van der Waals surface area contributed by atoms with E-state index in [4.69, 9.17) is 0 Å². The smallest absolute Gasteiger partial charge is 0.258 e. The van der Waals surface area contributed by atoms with Gasteiger partial charge in [-0.25, -0.2) is 4.98 Å². The summed E-state index contributed by atoms with van der Waals surface area (Å²) in [4.78, 5) is 30.6. The Morgan fingerprint density at radius 3 is 2.93 bits per heavy atom. The van der Waals surface area contributed by atoms with Crippen molar-refractivity contribution in [2.24, 2.45) is 0 Å². The van der Waals surface area contributed by atoms with Crippen LogP contribution in [0.3, 0.4) is 0 Å². The quantitative estimate of drug-likeness (QED) is 0.516. The number of benzene rings is 1. The van der Waals surface area contributed by atoms with Crippen LogP contribution >= 0.6 is 34.9 Å². The Kier molecular flexibility index (Phi) is 7.20. The van der Waals surface area contributed by atoms with Gasteiger partial charge in [-0.3, -0.25) is 14.0 Å². The van der Waals surface area contributed by atoms with Crippen LogP contribution in [0.5, 0.6) is 0 Å². The first-order valence-corrected chi connectivity index (χ1v) is 12.0. The van der Waals surface area contributed by atoms with E-state index >= 15 is 0 Å². The van der Waals surface area contributed by atoms with Gasteiger partial charge in [0.2, 0.25) is 5.91 Å². The number of carbonyl (C=O) groups is 1. The summed E-state index contributed by atoms with van der Waals surface area (Å²) in [7, 11) is 0. The monoisotopic (exact) mass is 433 g/mol. The topological polar surface area (TPSA) is 63.5 Å². The third kappa shape index (κ3) is 5.40. The number of nitrogens with zero attached hydrogens (tertiary/aromatic N) is 2. The van der Waals surface area contributed by atoms with E-state index < -0.39 is 0 Å². The van der Waals surface area contributed by atoms with E-state index in [-0.39, 0.29) is 11.5 Å². The van der Waals surface area contributed by atoms with Gasteiger partial charge in [-0.05, 0) is 37.1 Å². The Morgan fingerprint density at radius 1 is 1.36 bits per heavy atom. The lowest BCUT2D eigenvalue weighted by molar-refractivity contribution is -0.113. The van der Waals surface area contributed by atoms with Gasteiger partial charge in [-0.1, -0.05) is 13.8 Å². The SMILES string of the molecule is CCC(C)Sc1ccc(NC(=O)CSCc2cc(=O)n3ccsc3n2)c(C)c1. The number of hydrogen-bond acceptors (Lipinski definition) is 6. The van der Waals surface area contributed by atoms with E-state index in [1.165, 1.54) is 38.5 Å². The molecule has 0 fully saturated rings. The number of hydrogen-bond donors (Lipinski definition) is 1. The average Bonchev–Trinajstić information content (AvgIpc) is 3.13. The van der Waals surface area contributed by atoms with Crippen molar-refractivity contribution < 1.29 is 4.79 Å². The first-order chi connectivity index (χ1) is 13.5. The molecule has 0 aliphatic heterocycles. The summed E-state index contributed by atoms with van der Waals surface area (Å²) >= 11 is 4.73. The maximum atomic E-state index is 12.3. The number of rotatable bonds is 8. The van der Waals surface area contributed by atoms with Gasteiger partial charge in [0, 0.05) is 39.2 Å². The minimum absolute atomic E-state index is 0.0515. The fourth-order valence-corrected chi connectivity index (χ4v) is 5.04. The number of carbonyl (C=O) groups excluding carboxylic acids is 1. The number of thioether (sulfide) groups is 2. The van der Waals surface area contributed by atoms with E-state index in [1.807, 2.05) is 30.1 Å². The number of aromatic nitrogens is 2. The molecule has 1 unspecified atom stereocenters. The van der Waals surface area contributed by atoms with Crippen LogP contribution in [-0.4, -0.2) is 26.3 Å². The Balaban J connectivity index is 1.53. The largest absolute Gasteiger partial charge is 0.325 e. The van der Waals surface area contributed by atoms with Crippen molar-refractivity contribution in [3.63, 3.8) is 0 Å². The molecule has 2 heterocycles. The summed E-state index contributed by atoms with van der Waals surface area (Å²) in [6.45, 7) is 6.41. The van der Waals surface area contributed by atoms with E-state index in [1.54, 1.807) is 6.20 Å². The van der Waals surface area contributed by atoms with Crippen LogP contribution in [0.4, 0.5) is 5.69 Å². The minimum atomic E-state index is -0.0859. The molecule has 148 valence electrons. The maximum Gasteiger partial charge on any atom is 0.258 e. The normalized spacial score (nSPS) is 12.2.